The van der Waals surface area contributed by atoms with E-state index in [4.69, 9.17) is 20.4 Å². The van der Waals surface area contributed by atoms with Gasteiger partial charge in [0.15, 0.2) is 5.82 Å². The number of nitrogen functional groups attached to an aromatic ring is 1. The van der Waals surface area contributed by atoms with Crippen LogP contribution in [0.1, 0.15) is 69.8 Å². The van der Waals surface area contributed by atoms with Crippen LogP contribution in [0.25, 0.3) is 11.3 Å². The molecule has 48 heavy (non-hydrogen) atoms. The van der Waals surface area contributed by atoms with E-state index in [2.05, 4.69) is 42.2 Å². The van der Waals surface area contributed by atoms with Crippen molar-refractivity contribution < 1.29 is 14.6 Å². The van der Waals surface area contributed by atoms with Gasteiger partial charge in [-0.3, -0.25) is 14.6 Å². The number of anilines is 3. The van der Waals surface area contributed by atoms with Crippen LogP contribution in [-0.4, -0.2) is 111 Å². The number of hydrogen-bond donors (Lipinski definition) is 2. The minimum Gasteiger partial charge on any atom is -0.507 e. The van der Waals surface area contributed by atoms with Gasteiger partial charge in [-0.15, -0.1) is 10.2 Å². The van der Waals surface area contributed by atoms with Crippen molar-refractivity contribution in [3.8, 4) is 17.0 Å². The Hall–Kier alpha value is -4.03. The number of carbonyl (C=O) groups excluding carboxylic acids is 1. The molecule has 3 N–H and O–H groups in total. The molecule has 2 aromatic heterocycles. The highest BCUT2D eigenvalue weighted by molar-refractivity contribution is 5.74. The zero-order chi connectivity index (χ0) is 32.8. The van der Waals surface area contributed by atoms with E-state index in [0.29, 0.717) is 66.4 Å². The Morgan fingerprint density at radius 3 is 2.19 bits per heavy atom. The molecule has 1 aromatic carbocycles. The molecule has 4 unspecified atom stereocenters. The maximum Gasteiger partial charge on any atom is 0.320 e. The van der Waals surface area contributed by atoms with E-state index in [-0.39, 0.29) is 11.7 Å². The molecule has 12 nitrogen and oxygen atoms in total. The van der Waals surface area contributed by atoms with E-state index in [1.54, 1.807) is 12.1 Å². The second-order valence-corrected chi connectivity index (χ2v) is 14.4. The van der Waals surface area contributed by atoms with Gasteiger partial charge in [0.25, 0.3) is 0 Å². The Bertz CT molecular complexity index is 1590. The summed E-state index contributed by atoms with van der Waals surface area (Å²) in [7, 11) is 0. The second-order valence-electron chi connectivity index (χ2n) is 14.4. The average molecular weight is 654 g/mol. The molecule has 0 radical (unpaired) electrons. The minimum absolute atomic E-state index is 0.0839. The molecule has 5 aliphatic rings. The van der Waals surface area contributed by atoms with Crippen LogP contribution < -0.4 is 15.5 Å². The summed E-state index contributed by atoms with van der Waals surface area (Å²) >= 11 is 0. The molecule has 4 aliphatic heterocycles. The number of nitrogens with two attached hydrogens (primary N) is 1. The van der Waals surface area contributed by atoms with Crippen LogP contribution in [-0.2, 0) is 9.53 Å². The number of nitrogens with zero attached hydrogens (tertiary/aromatic N) is 8. The third kappa shape index (κ3) is 5.93. The first kappa shape index (κ1) is 31.3. The van der Waals surface area contributed by atoms with Crippen LogP contribution in [0.15, 0.2) is 42.7 Å². The molecule has 0 amide bonds. The zero-order valence-electron chi connectivity index (χ0n) is 27.8. The van der Waals surface area contributed by atoms with Gasteiger partial charge in [-0.2, -0.15) is 0 Å². The monoisotopic (exact) mass is 653 g/mol. The van der Waals surface area contributed by atoms with Gasteiger partial charge in [-0.05, 0) is 88.0 Å². The number of benzene rings is 1. The Labute approximate surface area is 282 Å². The van der Waals surface area contributed by atoms with Crippen LogP contribution in [0.5, 0.6) is 5.75 Å². The Balaban J connectivity index is 0.873. The molecule has 8 rings (SSSR count). The van der Waals surface area contributed by atoms with Crippen molar-refractivity contribution in [2.24, 2.45) is 0 Å². The van der Waals surface area contributed by atoms with E-state index >= 15 is 0 Å². The fourth-order valence-electron chi connectivity index (χ4n) is 9.28. The normalized spacial score (nSPS) is 28.9. The highest BCUT2D eigenvalue weighted by Crippen LogP contribution is 2.40. The molecular weight excluding hydrogens is 606 g/mol. The number of rotatable bonds is 8. The maximum atomic E-state index is 12.2. The van der Waals surface area contributed by atoms with Crippen molar-refractivity contribution in [1.82, 2.24) is 30.0 Å². The number of piperazine rings is 2. The maximum absolute atomic E-state index is 12.2. The molecule has 254 valence electrons. The number of likely N-dealkylation sites (tertiary alicyclic amines) is 1. The van der Waals surface area contributed by atoms with Gasteiger partial charge in [0.2, 0.25) is 5.95 Å². The topological polar surface area (TPSA) is 137 Å². The fraction of sp³-hybridized carbons (Fsp3) is 0.583. The van der Waals surface area contributed by atoms with Gasteiger partial charge in [-0.25, -0.2) is 9.97 Å². The van der Waals surface area contributed by atoms with Crippen molar-refractivity contribution >= 4 is 23.4 Å². The van der Waals surface area contributed by atoms with Gasteiger partial charge >= 0.3 is 5.97 Å². The lowest BCUT2D eigenvalue weighted by Crippen LogP contribution is -2.57. The van der Waals surface area contributed by atoms with Crippen LogP contribution in [0, 0.1) is 0 Å². The Kier molecular flexibility index (Phi) is 8.54. The van der Waals surface area contributed by atoms with Crippen LogP contribution in [0.4, 0.5) is 17.5 Å². The third-order valence-electron chi connectivity index (χ3n) is 11.7. The molecule has 5 fully saturated rings. The number of hydrogen-bond acceptors (Lipinski definition) is 12. The molecule has 3 aromatic rings. The fourth-order valence-corrected chi connectivity index (χ4v) is 9.28. The summed E-state index contributed by atoms with van der Waals surface area (Å²) in [6.07, 6.45) is 13.4. The first-order valence-corrected chi connectivity index (χ1v) is 17.9. The number of carbonyl (C=O) groups is 1. The van der Waals surface area contributed by atoms with Crippen LogP contribution in [0.2, 0.25) is 0 Å². The number of aromatic nitrogens is 4. The molecular formula is C36H47N9O3. The summed E-state index contributed by atoms with van der Waals surface area (Å²) in [5.41, 5.74) is 9.72. The Morgan fingerprint density at radius 2 is 1.52 bits per heavy atom. The predicted molar refractivity (Wildman–Crippen MR) is 184 cm³/mol. The van der Waals surface area contributed by atoms with E-state index < -0.39 is 0 Å². The highest BCUT2D eigenvalue weighted by atomic mass is 16.5. The highest BCUT2D eigenvalue weighted by Gasteiger charge is 2.44. The van der Waals surface area contributed by atoms with Gasteiger partial charge in [0.1, 0.15) is 5.75 Å². The summed E-state index contributed by atoms with van der Waals surface area (Å²) < 4.78 is 5.24. The summed E-state index contributed by atoms with van der Waals surface area (Å²) in [6.45, 7) is 6.52. The quantitative estimate of drug-likeness (QED) is 0.342. The third-order valence-corrected chi connectivity index (χ3v) is 11.7. The van der Waals surface area contributed by atoms with Crippen molar-refractivity contribution in [3.63, 3.8) is 0 Å². The number of esters is 1. The standard InChI is InChI=1S/C36H47N9O3/c1-2-48-34(47)22-44-26-11-12-27(44)19-42(18-26)25-9-7-23(8-10-25)24-16-38-36(39-17-24)45-28-13-14-29(45)21-43(20-28)32-15-31(40-41-35(32)37)30-5-3-4-6-33(30)46/h3-6,15-17,23,25-29,46H,2,7-14,18-22H2,1H3,(H2,37,41). The lowest BCUT2D eigenvalue weighted by atomic mass is 9.82. The zero-order valence-corrected chi connectivity index (χ0v) is 27.8. The SMILES string of the molecule is CCOC(=O)CN1C2CCC1CN(C1CCC(c3cnc(N4C5CCC4CN(c4cc(-c6ccccc6O)nnc4N)C5)nc3)CC1)C2. The number of ether oxygens (including phenoxy) is 1. The number of para-hydroxylation sites is 1. The molecule has 0 spiro atoms. The average Bonchev–Trinajstić information content (AvgIpc) is 3.49. The molecule has 1 aliphatic carbocycles. The van der Waals surface area contributed by atoms with Crippen molar-refractivity contribution in [2.75, 3.05) is 54.9 Å². The molecule has 12 heteroatoms. The lowest BCUT2D eigenvalue weighted by molar-refractivity contribution is -0.146. The smallest absolute Gasteiger partial charge is 0.320 e. The van der Waals surface area contributed by atoms with Gasteiger partial charge < -0.3 is 25.4 Å². The van der Waals surface area contributed by atoms with E-state index in [9.17, 15) is 9.90 Å². The molecule has 4 atom stereocenters. The summed E-state index contributed by atoms with van der Waals surface area (Å²) in [5, 5.41) is 18.9. The van der Waals surface area contributed by atoms with Gasteiger partial charge in [0, 0.05) is 74.3 Å². The molecule has 4 saturated heterocycles. The molecule has 4 bridgehead atoms. The van der Waals surface area contributed by atoms with E-state index in [0.717, 1.165) is 50.7 Å². The first-order chi connectivity index (χ1) is 23.4. The number of phenols is 1. The van der Waals surface area contributed by atoms with E-state index in [1.165, 1.54) is 44.1 Å². The van der Waals surface area contributed by atoms with Crippen molar-refractivity contribution in [3.05, 3.63) is 48.3 Å². The number of aromatic hydroxyl groups is 1. The largest absolute Gasteiger partial charge is 0.507 e. The van der Waals surface area contributed by atoms with E-state index in [1.807, 2.05) is 25.1 Å². The van der Waals surface area contributed by atoms with Crippen molar-refractivity contribution in [1.29, 1.82) is 0 Å². The van der Waals surface area contributed by atoms with Crippen LogP contribution >= 0.6 is 0 Å². The van der Waals surface area contributed by atoms with Crippen molar-refractivity contribution in [2.45, 2.75) is 94.4 Å². The predicted octanol–water partition coefficient (Wildman–Crippen LogP) is 3.82. The van der Waals surface area contributed by atoms with Crippen LogP contribution in [0.3, 0.4) is 0 Å². The Morgan fingerprint density at radius 1 is 0.875 bits per heavy atom. The summed E-state index contributed by atoms with van der Waals surface area (Å²) in [6, 6.07) is 11.3. The van der Waals surface area contributed by atoms with Gasteiger partial charge in [0.05, 0.1) is 24.5 Å². The summed E-state index contributed by atoms with van der Waals surface area (Å²) in [4.78, 5) is 31.9. The first-order valence-electron chi connectivity index (χ1n) is 17.9. The molecule has 1 saturated carbocycles. The number of fused-ring (bicyclic) bond motifs is 4. The molecule has 6 heterocycles. The summed E-state index contributed by atoms with van der Waals surface area (Å²) in [5.74, 6) is 1.83. The lowest BCUT2D eigenvalue weighted by Gasteiger charge is -2.45. The minimum atomic E-state index is -0.0839. The number of phenolic OH excluding ortho intramolecular Hbond substituents is 1. The van der Waals surface area contributed by atoms with Gasteiger partial charge in [-0.1, -0.05) is 12.1 Å². The second kappa shape index (κ2) is 13.1.